The SMILES string of the molecule is C[C@@]1(CO)[C@H]2[C@@H](O)C[C@@H]3C[C@@H]4C[C@]3(CC[C@@]4(O)CO)[C@]2(C)CC[C@@H]1O. The highest BCUT2D eigenvalue weighted by Gasteiger charge is 2.72. The molecule has 4 aliphatic carbocycles. The summed E-state index contributed by atoms with van der Waals surface area (Å²) < 4.78 is 0. The van der Waals surface area contributed by atoms with Crippen molar-refractivity contribution in [1.29, 1.82) is 0 Å². The van der Waals surface area contributed by atoms with E-state index in [-0.39, 0.29) is 35.9 Å². The fourth-order valence-corrected chi connectivity index (χ4v) is 8.04. The number of fused-ring (bicyclic) bond motifs is 2. The molecule has 0 aromatic rings. The van der Waals surface area contributed by atoms with Crippen LogP contribution in [0.15, 0.2) is 0 Å². The van der Waals surface area contributed by atoms with Crippen LogP contribution in [-0.2, 0) is 0 Å². The van der Waals surface area contributed by atoms with E-state index < -0.39 is 23.2 Å². The van der Waals surface area contributed by atoms with Gasteiger partial charge in [-0.1, -0.05) is 13.8 Å². The highest BCUT2D eigenvalue weighted by molar-refractivity contribution is 5.21. The molecule has 4 fully saturated rings. The molecule has 144 valence electrons. The number of aliphatic hydroxyl groups excluding tert-OH is 4. The summed E-state index contributed by atoms with van der Waals surface area (Å²) in [5.41, 5.74) is -1.78. The van der Waals surface area contributed by atoms with Crippen LogP contribution in [0, 0.1) is 34.0 Å². The maximum atomic E-state index is 11.1. The first-order valence-electron chi connectivity index (χ1n) is 9.97. The Morgan fingerprint density at radius 1 is 0.920 bits per heavy atom. The van der Waals surface area contributed by atoms with Crippen molar-refractivity contribution in [2.45, 2.75) is 76.6 Å². The van der Waals surface area contributed by atoms with Crippen LogP contribution in [-0.4, -0.2) is 56.6 Å². The predicted octanol–water partition coefficient (Wildman–Crippen LogP) is 1.06. The third-order valence-electron chi connectivity index (χ3n) is 9.48. The van der Waals surface area contributed by atoms with Gasteiger partial charge < -0.3 is 25.5 Å². The highest BCUT2D eigenvalue weighted by atomic mass is 16.3. The molecule has 2 bridgehead atoms. The van der Waals surface area contributed by atoms with Crippen LogP contribution in [0.2, 0.25) is 0 Å². The lowest BCUT2D eigenvalue weighted by Crippen LogP contribution is -2.66. The van der Waals surface area contributed by atoms with E-state index in [9.17, 15) is 25.5 Å². The molecule has 0 aromatic heterocycles. The number of hydrogen-bond acceptors (Lipinski definition) is 5. The second-order valence-corrected chi connectivity index (χ2v) is 10.2. The van der Waals surface area contributed by atoms with E-state index in [0.29, 0.717) is 25.2 Å². The molecular weight excluding hydrogens is 320 g/mol. The Morgan fingerprint density at radius 3 is 2.28 bits per heavy atom. The zero-order valence-corrected chi connectivity index (χ0v) is 15.5. The van der Waals surface area contributed by atoms with Crippen LogP contribution >= 0.6 is 0 Å². The van der Waals surface area contributed by atoms with Crippen LogP contribution in [0.3, 0.4) is 0 Å². The molecule has 0 unspecified atom stereocenters. The summed E-state index contributed by atoms with van der Waals surface area (Å²) >= 11 is 0. The molecule has 1 spiro atoms. The minimum Gasteiger partial charge on any atom is -0.396 e. The van der Waals surface area contributed by atoms with Crippen molar-refractivity contribution < 1.29 is 25.5 Å². The van der Waals surface area contributed by atoms with Gasteiger partial charge in [0.2, 0.25) is 0 Å². The van der Waals surface area contributed by atoms with Crippen molar-refractivity contribution in [1.82, 2.24) is 0 Å². The Labute approximate surface area is 150 Å². The molecule has 0 aromatic carbocycles. The molecule has 5 heteroatoms. The molecule has 4 saturated carbocycles. The Hall–Kier alpha value is -0.200. The van der Waals surface area contributed by atoms with E-state index in [1.54, 1.807) is 0 Å². The predicted molar refractivity (Wildman–Crippen MR) is 92.6 cm³/mol. The van der Waals surface area contributed by atoms with Gasteiger partial charge in [0.05, 0.1) is 31.0 Å². The van der Waals surface area contributed by atoms with Gasteiger partial charge in [0, 0.05) is 11.3 Å². The van der Waals surface area contributed by atoms with E-state index in [1.807, 2.05) is 6.92 Å². The van der Waals surface area contributed by atoms with Crippen molar-refractivity contribution in [3.8, 4) is 0 Å². The first-order valence-corrected chi connectivity index (χ1v) is 9.97. The molecule has 0 aliphatic heterocycles. The van der Waals surface area contributed by atoms with Gasteiger partial charge in [-0.15, -0.1) is 0 Å². The zero-order valence-electron chi connectivity index (χ0n) is 15.5. The van der Waals surface area contributed by atoms with E-state index in [4.69, 9.17) is 0 Å². The van der Waals surface area contributed by atoms with Crippen molar-refractivity contribution in [2.24, 2.45) is 34.0 Å². The van der Waals surface area contributed by atoms with Crippen molar-refractivity contribution >= 4 is 0 Å². The Kier molecular flexibility index (Phi) is 3.94. The molecule has 0 saturated heterocycles. The third kappa shape index (κ3) is 2.02. The quantitative estimate of drug-likeness (QED) is 0.510. The van der Waals surface area contributed by atoms with Crippen LogP contribution < -0.4 is 0 Å². The Balaban J connectivity index is 1.79. The van der Waals surface area contributed by atoms with Gasteiger partial charge in [-0.3, -0.25) is 0 Å². The molecule has 9 atom stereocenters. The first kappa shape index (κ1) is 18.2. The summed E-state index contributed by atoms with van der Waals surface area (Å²) in [5.74, 6) is 0.308. The number of hydrogen-bond donors (Lipinski definition) is 5. The molecule has 5 N–H and O–H groups in total. The van der Waals surface area contributed by atoms with Gasteiger partial charge in [0.25, 0.3) is 0 Å². The first-order chi connectivity index (χ1) is 11.7. The lowest BCUT2D eigenvalue weighted by Gasteiger charge is -2.67. The molecule has 0 amide bonds. The van der Waals surface area contributed by atoms with Crippen molar-refractivity contribution in [3.63, 3.8) is 0 Å². The van der Waals surface area contributed by atoms with Gasteiger partial charge in [-0.25, -0.2) is 0 Å². The summed E-state index contributed by atoms with van der Waals surface area (Å²) in [6.07, 6.45) is 4.31. The Morgan fingerprint density at radius 2 is 1.64 bits per heavy atom. The second-order valence-electron chi connectivity index (χ2n) is 10.2. The summed E-state index contributed by atoms with van der Waals surface area (Å²) in [4.78, 5) is 0. The normalized spacial score (nSPS) is 60.8. The average molecular weight is 354 g/mol. The molecule has 4 aliphatic rings. The minimum atomic E-state index is -0.978. The maximum Gasteiger partial charge on any atom is 0.0905 e. The molecule has 5 nitrogen and oxygen atoms in total. The van der Waals surface area contributed by atoms with E-state index >= 15 is 0 Å². The fraction of sp³-hybridized carbons (Fsp3) is 1.00. The smallest absolute Gasteiger partial charge is 0.0905 e. The average Bonchev–Trinajstić information content (AvgIpc) is 2.92. The zero-order chi connectivity index (χ0) is 18.3. The van der Waals surface area contributed by atoms with Gasteiger partial charge >= 0.3 is 0 Å². The van der Waals surface area contributed by atoms with Crippen LogP contribution in [0.25, 0.3) is 0 Å². The lowest BCUT2D eigenvalue weighted by atomic mass is 9.38. The van der Waals surface area contributed by atoms with Crippen LogP contribution in [0.4, 0.5) is 0 Å². The minimum absolute atomic E-state index is 0.0412. The largest absolute Gasteiger partial charge is 0.396 e. The van der Waals surface area contributed by atoms with Gasteiger partial charge in [0.1, 0.15) is 0 Å². The Bertz CT molecular complexity index is 554. The second kappa shape index (κ2) is 5.41. The molecule has 4 rings (SSSR count). The monoisotopic (exact) mass is 354 g/mol. The maximum absolute atomic E-state index is 11.1. The van der Waals surface area contributed by atoms with Crippen LogP contribution in [0.5, 0.6) is 0 Å². The highest BCUT2D eigenvalue weighted by Crippen LogP contribution is 2.75. The lowest BCUT2D eigenvalue weighted by molar-refractivity contribution is -0.248. The van der Waals surface area contributed by atoms with Crippen molar-refractivity contribution in [3.05, 3.63) is 0 Å². The fourth-order valence-electron chi connectivity index (χ4n) is 8.04. The van der Waals surface area contributed by atoms with Crippen LogP contribution in [0.1, 0.15) is 58.8 Å². The summed E-state index contributed by atoms with van der Waals surface area (Å²) in [6.45, 7) is 3.89. The summed E-state index contributed by atoms with van der Waals surface area (Å²) in [5, 5.41) is 52.4. The van der Waals surface area contributed by atoms with Gasteiger partial charge in [0.15, 0.2) is 0 Å². The molecule has 0 radical (unpaired) electrons. The van der Waals surface area contributed by atoms with E-state index in [1.165, 1.54) is 0 Å². The van der Waals surface area contributed by atoms with Gasteiger partial charge in [-0.05, 0) is 67.6 Å². The molecule has 25 heavy (non-hydrogen) atoms. The number of rotatable bonds is 2. The summed E-state index contributed by atoms with van der Waals surface area (Å²) in [6, 6.07) is 0. The molecular formula is C20H34O5. The van der Waals surface area contributed by atoms with E-state index in [0.717, 1.165) is 25.7 Å². The van der Waals surface area contributed by atoms with E-state index in [2.05, 4.69) is 6.92 Å². The number of aliphatic hydroxyl groups is 5. The topological polar surface area (TPSA) is 101 Å². The standard InChI is InChI=1S/C20H34O5/c1-17(10-21)15(24)3-4-18(2)16(17)14(23)8-12-7-13-9-19(12,18)5-6-20(13,25)11-22/h12-16,21-25H,3-11H2,1-2H3/t12-,13+,14-,15-,16+,17-,18+,19-,20+/m0/s1. The van der Waals surface area contributed by atoms with Crippen molar-refractivity contribution in [2.75, 3.05) is 13.2 Å². The third-order valence-corrected chi connectivity index (χ3v) is 9.48. The molecule has 0 heterocycles. The summed E-state index contributed by atoms with van der Waals surface area (Å²) in [7, 11) is 0. The van der Waals surface area contributed by atoms with Gasteiger partial charge in [-0.2, -0.15) is 0 Å².